The first-order valence-corrected chi connectivity index (χ1v) is 5.64. The molecule has 8 heteroatoms. The second-order valence-corrected chi connectivity index (χ2v) is 3.82. The van der Waals surface area contributed by atoms with Crippen LogP contribution >= 0.6 is 0 Å². The van der Waals surface area contributed by atoms with Crippen LogP contribution in [-0.2, 0) is 0 Å². The molecular weight excluding hydrogens is 262 g/mol. The summed E-state index contributed by atoms with van der Waals surface area (Å²) in [5.41, 5.74) is 0.917. The highest BCUT2D eigenvalue weighted by atomic mass is 16.6. The van der Waals surface area contributed by atoms with Crippen LogP contribution in [0.1, 0.15) is 10.4 Å². The molecule has 8 nitrogen and oxygen atoms in total. The van der Waals surface area contributed by atoms with Gasteiger partial charge in [-0.25, -0.2) is 9.97 Å². The zero-order chi connectivity index (χ0) is 14.5. The van der Waals surface area contributed by atoms with Gasteiger partial charge in [0.1, 0.15) is 6.33 Å². The van der Waals surface area contributed by atoms with Crippen LogP contribution in [0.3, 0.4) is 0 Å². The van der Waals surface area contributed by atoms with Crippen molar-refractivity contribution in [3.63, 3.8) is 0 Å². The number of aromatic nitrogens is 2. The SMILES string of the molecule is CNc1ccc([N+](=O)[O-])cc1C(=O)Nc1cncnc1. The molecule has 0 fully saturated rings. The predicted octanol–water partition coefficient (Wildman–Crippen LogP) is 1.68. The van der Waals surface area contributed by atoms with Gasteiger partial charge in [0.2, 0.25) is 0 Å². The highest BCUT2D eigenvalue weighted by Crippen LogP contribution is 2.22. The van der Waals surface area contributed by atoms with E-state index in [0.29, 0.717) is 11.4 Å². The number of rotatable bonds is 4. The number of benzene rings is 1. The number of nitro benzene ring substituents is 1. The number of nitrogens with zero attached hydrogens (tertiary/aromatic N) is 3. The Labute approximate surface area is 114 Å². The summed E-state index contributed by atoms with van der Waals surface area (Å²) in [6.07, 6.45) is 4.20. The van der Waals surface area contributed by atoms with E-state index in [9.17, 15) is 14.9 Å². The van der Waals surface area contributed by atoms with Gasteiger partial charge in [-0.1, -0.05) is 0 Å². The van der Waals surface area contributed by atoms with Crippen molar-refractivity contribution in [3.05, 3.63) is 52.6 Å². The van der Waals surface area contributed by atoms with E-state index in [-0.39, 0.29) is 11.3 Å². The Morgan fingerprint density at radius 1 is 1.30 bits per heavy atom. The van der Waals surface area contributed by atoms with Crippen LogP contribution in [0.4, 0.5) is 17.1 Å². The maximum absolute atomic E-state index is 12.1. The van der Waals surface area contributed by atoms with Crippen LogP contribution in [0.5, 0.6) is 0 Å². The molecule has 0 bridgehead atoms. The average molecular weight is 273 g/mol. The number of nitro groups is 1. The Hall–Kier alpha value is -3.03. The minimum Gasteiger partial charge on any atom is -0.387 e. The number of non-ortho nitro benzene ring substituents is 1. The first-order valence-electron chi connectivity index (χ1n) is 5.64. The molecule has 1 amide bonds. The number of carbonyl (C=O) groups excluding carboxylic acids is 1. The normalized spacial score (nSPS) is 9.85. The molecule has 0 unspecified atom stereocenters. The Morgan fingerprint density at radius 2 is 2.00 bits per heavy atom. The van der Waals surface area contributed by atoms with Gasteiger partial charge in [-0.15, -0.1) is 0 Å². The third kappa shape index (κ3) is 2.86. The van der Waals surface area contributed by atoms with E-state index in [2.05, 4.69) is 20.6 Å². The van der Waals surface area contributed by atoms with E-state index < -0.39 is 10.8 Å². The minimum atomic E-state index is -0.554. The molecular formula is C12H11N5O3. The minimum absolute atomic E-state index is 0.154. The van der Waals surface area contributed by atoms with Crippen LogP contribution in [0, 0.1) is 10.1 Å². The van der Waals surface area contributed by atoms with Crippen LogP contribution in [0.25, 0.3) is 0 Å². The topological polar surface area (TPSA) is 110 Å². The fourth-order valence-corrected chi connectivity index (χ4v) is 1.61. The first kappa shape index (κ1) is 13.4. The number of carbonyl (C=O) groups is 1. The molecule has 1 heterocycles. The Kier molecular flexibility index (Phi) is 3.85. The molecule has 2 N–H and O–H groups in total. The smallest absolute Gasteiger partial charge is 0.270 e. The van der Waals surface area contributed by atoms with E-state index >= 15 is 0 Å². The Bertz CT molecular complexity index is 645. The quantitative estimate of drug-likeness (QED) is 0.647. The Morgan fingerprint density at radius 3 is 2.60 bits per heavy atom. The van der Waals surface area contributed by atoms with Crippen molar-refractivity contribution in [2.75, 3.05) is 17.7 Å². The highest BCUT2D eigenvalue weighted by molar-refractivity contribution is 6.08. The standard InChI is InChI=1S/C12H11N5O3/c1-13-11-3-2-9(17(19)20)4-10(11)12(18)16-8-5-14-7-15-6-8/h2-7,13H,1H3,(H,16,18). The van der Waals surface area contributed by atoms with E-state index in [0.717, 1.165) is 0 Å². The summed E-state index contributed by atoms with van der Waals surface area (Å²) in [7, 11) is 1.63. The van der Waals surface area contributed by atoms with Gasteiger partial charge in [-0.3, -0.25) is 14.9 Å². The lowest BCUT2D eigenvalue weighted by atomic mass is 10.1. The van der Waals surface area contributed by atoms with Crippen molar-refractivity contribution in [2.24, 2.45) is 0 Å². The highest BCUT2D eigenvalue weighted by Gasteiger charge is 2.16. The van der Waals surface area contributed by atoms with Gasteiger partial charge >= 0.3 is 0 Å². The molecule has 2 aromatic rings. The van der Waals surface area contributed by atoms with Crippen molar-refractivity contribution in [1.82, 2.24) is 9.97 Å². The van der Waals surface area contributed by atoms with Crippen LogP contribution < -0.4 is 10.6 Å². The predicted molar refractivity (Wildman–Crippen MR) is 72.6 cm³/mol. The molecule has 0 aliphatic rings. The van der Waals surface area contributed by atoms with Gasteiger partial charge in [0, 0.05) is 24.9 Å². The maximum atomic E-state index is 12.1. The van der Waals surface area contributed by atoms with E-state index in [1.807, 2.05) is 0 Å². The van der Waals surface area contributed by atoms with Gasteiger partial charge in [0.15, 0.2) is 0 Å². The fraction of sp³-hybridized carbons (Fsp3) is 0.0833. The third-order valence-corrected chi connectivity index (χ3v) is 2.55. The van der Waals surface area contributed by atoms with Crippen molar-refractivity contribution in [2.45, 2.75) is 0 Å². The molecule has 1 aromatic carbocycles. The summed E-state index contributed by atoms with van der Waals surface area (Å²) in [6, 6.07) is 4.02. The van der Waals surface area contributed by atoms with Gasteiger partial charge in [0.05, 0.1) is 28.6 Å². The lowest BCUT2D eigenvalue weighted by molar-refractivity contribution is -0.384. The zero-order valence-electron chi connectivity index (χ0n) is 10.5. The largest absolute Gasteiger partial charge is 0.387 e. The molecule has 0 aliphatic carbocycles. The van der Waals surface area contributed by atoms with Crippen molar-refractivity contribution in [3.8, 4) is 0 Å². The average Bonchev–Trinajstić information content (AvgIpc) is 2.47. The van der Waals surface area contributed by atoms with Gasteiger partial charge in [0.25, 0.3) is 11.6 Å². The fourth-order valence-electron chi connectivity index (χ4n) is 1.61. The summed E-state index contributed by atoms with van der Waals surface area (Å²) in [6.45, 7) is 0. The van der Waals surface area contributed by atoms with Crippen molar-refractivity contribution in [1.29, 1.82) is 0 Å². The molecule has 0 radical (unpaired) electrons. The number of nitrogens with one attached hydrogen (secondary N) is 2. The number of anilines is 2. The monoisotopic (exact) mass is 273 g/mol. The number of amides is 1. The molecule has 2 rings (SSSR count). The van der Waals surface area contributed by atoms with E-state index in [4.69, 9.17) is 0 Å². The number of hydrogen-bond donors (Lipinski definition) is 2. The molecule has 0 spiro atoms. The molecule has 0 saturated heterocycles. The van der Waals surface area contributed by atoms with Crippen LogP contribution in [-0.4, -0.2) is 27.8 Å². The molecule has 0 aliphatic heterocycles. The van der Waals surface area contributed by atoms with E-state index in [1.165, 1.54) is 36.9 Å². The van der Waals surface area contributed by atoms with Crippen molar-refractivity contribution >= 4 is 23.0 Å². The molecule has 102 valence electrons. The lowest BCUT2D eigenvalue weighted by Gasteiger charge is -2.09. The van der Waals surface area contributed by atoms with Crippen LogP contribution in [0.2, 0.25) is 0 Å². The summed E-state index contributed by atoms with van der Waals surface area (Å²) in [4.78, 5) is 29.9. The molecule has 0 atom stereocenters. The van der Waals surface area contributed by atoms with Gasteiger partial charge in [-0.05, 0) is 6.07 Å². The second kappa shape index (κ2) is 5.74. The summed E-state index contributed by atoms with van der Waals surface area (Å²) >= 11 is 0. The van der Waals surface area contributed by atoms with Gasteiger partial charge < -0.3 is 10.6 Å². The van der Waals surface area contributed by atoms with E-state index in [1.54, 1.807) is 7.05 Å². The number of hydrogen-bond acceptors (Lipinski definition) is 6. The third-order valence-electron chi connectivity index (χ3n) is 2.55. The van der Waals surface area contributed by atoms with Gasteiger partial charge in [-0.2, -0.15) is 0 Å². The zero-order valence-corrected chi connectivity index (χ0v) is 10.5. The Balaban J connectivity index is 2.32. The molecule has 0 saturated carbocycles. The summed E-state index contributed by atoms with van der Waals surface area (Å²) < 4.78 is 0. The molecule has 20 heavy (non-hydrogen) atoms. The maximum Gasteiger partial charge on any atom is 0.270 e. The molecule has 1 aromatic heterocycles. The summed E-state index contributed by atoms with van der Waals surface area (Å²) in [5, 5.41) is 16.2. The van der Waals surface area contributed by atoms with Crippen molar-refractivity contribution < 1.29 is 9.72 Å². The summed E-state index contributed by atoms with van der Waals surface area (Å²) in [5.74, 6) is -0.479. The lowest BCUT2D eigenvalue weighted by Crippen LogP contribution is -2.14. The van der Waals surface area contributed by atoms with Crippen LogP contribution in [0.15, 0.2) is 36.9 Å². The second-order valence-electron chi connectivity index (χ2n) is 3.82. The first-order chi connectivity index (χ1) is 9.61.